The number of ether oxygens (including phenoxy) is 1. The van der Waals surface area contributed by atoms with E-state index in [-0.39, 0.29) is 6.04 Å². The van der Waals surface area contributed by atoms with Crippen LogP contribution in [0, 0.1) is 6.92 Å². The summed E-state index contributed by atoms with van der Waals surface area (Å²) in [6, 6.07) is -0.00839. The molecule has 1 aromatic rings. The van der Waals surface area contributed by atoms with Gasteiger partial charge in [-0.25, -0.2) is 9.97 Å². The van der Waals surface area contributed by atoms with Crippen molar-refractivity contribution >= 4 is 0 Å². The fraction of sp³-hybridized carbons (Fsp3) is 0.636. The molecular weight excluding hydrogens is 190 g/mol. The Morgan fingerprint density at radius 1 is 1.53 bits per heavy atom. The molecule has 0 saturated heterocycles. The summed E-state index contributed by atoms with van der Waals surface area (Å²) >= 11 is 0. The molecule has 0 bridgehead atoms. The van der Waals surface area contributed by atoms with Crippen LogP contribution < -0.4 is 5.73 Å². The molecule has 2 N–H and O–H groups in total. The highest BCUT2D eigenvalue weighted by atomic mass is 16.5. The van der Waals surface area contributed by atoms with E-state index in [2.05, 4.69) is 9.97 Å². The van der Waals surface area contributed by atoms with Gasteiger partial charge >= 0.3 is 0 Å². The summed E-state index contributed by atoms with van der Waals surface area (Å²) in [7, 11) is 0. The lowest BCUT2D eigenvalue weighted by atomic mass is 10.1. The molecule has 1 atom stereocenters. The van der Waals surface area contributed by atoms with Crippen molar-refractivity contribution in [1.82, 2.24) is 9.97 Å². The van der Waals surface area contributed by atoms with Gasteiger partial charge in [0.1, 0.15) is 5.82 Å². The van der Waals surface area contributed by atoms with Gasteiger partial charge in [-0.15, -0.1) is 0 Å². The molecule has 1 aromatic heterocycles. The third-order valence-corrected chi connectivity index (χ3v) is 2.23. The Bertz CT molecular complexity index is 313. The minimum Gasteiger partial charge on any atom is -0.381 e. The summed E-state index contributed by atoms with van der Waals surface area (Å²) in [5.41, 5.74) is 7.76. The number of aromatic nitrogens is 2. The van der Waals surface area contributed by atoms with Crippen LogP contribution >= 0.6 is 0 Å². The van der Waals surface area contributed by atoms with Gasteiger partial charge in [0, 0.05) is 36.5 Å². The molecule has 1 heterocycles. The smallest absolute Gasteiger partial charge is 0.130 e. The van der Waals surface area contributed by atoms with Crippen LogP contribution in [0.2, 0.25) is 0 Å². The van der Waals surface area contributed by atoms with E-state index in [0.29, 0.717) is 6.61 Å². The number of nitrogens with zero attached hydrogens (tertiary/aromatic N) is 2. The van der Waals surface area contributed by atoms with Crippen molar-refractivity contribution in [3.8, 4) is 0 Å². The van der Waals surface area contributed by atoms with E-state index in [1.807, 2.05) is 27.0 Å². The molecule has 0 aliphatic carbocycles. The molecule has 15 heavy (non-hydrogen) atoms. The largest absolute Gasteiger partial charge is 0.381 e. The van der Waals surface area contributed by atoms with E-state index in [1.54, 1.807) is 0 Å². The predicted molar refractivity (Wildman–Crippen MR) is 59.6 cm³/mol. The van der Waals surface area contributed by atoms with Crippen LogP contribution in [0.3, 0.4) is 0 Å². The molecule has 0 spiro atoms. The average molecular weight is 209 g/mol. The monoisotopic (exact) mass is 209 g/mol. The minimum atomic E-state index is -0.00839. The zero-order valence-electron chi connectivity index (χ0n) is 9.66. The van der Waals surface area contributed by atoms with Crippen molar-refractivity contribution in [3.05, 3.63) is 23.3 Å². The summed E-state index contributed by atoms with van der Waals surface area (Å²) in [6.45, 7) is 7.28. The fourth-order valence-corrected chi connectivity index (χ4v) is 1.40. The van der Waals surface area contributed by atoms with Crippen molar-refractivity contribution in [2.45, 2.75) is 33.2 Å². The highest BCUT2D eigenvalue weighted by molar-refractivity contribution is 5.19. The van der Waals surface area contributed by atoms with Gasteiger partial charge in [-0.05, 0) is 20.8 Å². The van der Waals surface area contributed by atoms with Gasteiger partial charge in [-0.2, -0.15) is 0 Å². The summed E-state index contributed by atoms with van der Waals surface area (Å²) in [5.74, 6) is 0.824. The predicted octanol–water partition coefficient (Wildman–Crippen LogP) is 1.38. The van der Waals surface area contributed by atoms with E-state index in [9.17, 15) is 0 Å². The van der Waals surface area contributed by atoms with Crippen LogP contribution in [0.15, 0.2) is 6.20 Å². The van der Waals surface area contributed by atoms with Gasteiger partial charge < -0.3 is 10.5 Å². The number of nitrogens with two attached hydrogens (primary N) is 1. The highest BCUT2D eigenvalue weighted by Crippen LogP contribution is 2.11. The molecule has 4 nitrogen and oxygen atoms in total. The number of aryl methyl sites for hydroxylation is 1. The Hall–Kier alpha value is -1.00. The first-order chi connectivity index (χ1) is 7.15. The molecule has 0 fully saturated rings. The van der Waals surface area contributed by atoms with Crippen molar-refractivity contribution in [2.24, 2.45) is 5.73 Å². The number of hydrogen-bond donors (Lipinski definition) is 1. The first-order valence-corrected chi connectivity index (χ1v) is 5.31. The van der Waals surface area contributed by atoms with Gasteiger partial charge in [0.05, 0.1) is 6.61 Å². The SMILES string of the molecule is CCOCCc1ncc(C(C)N)c(C)n1. The van der Waals surface area contributed by atoms with Gasteiger partial charge in [0.2, 0.25) is 0 Å². The zero-order chi connectivity index (χ0) is 11.3. The Kier molecular flexibility index (Phi) is 4.65. The van der Waals surface area contributed by atoms with Crippen molar-refractivity contribution < 1.29 is 4.74 Å². The molecule has 1 rings (SSSR count). The molecule has 0 aromatic carbocycles. The van der Waals surface area contributed by atoms with Crippen LogP contribution in [0.5, 0.6) is 0 Å². The maximum Gasteiger partial charge on any atom is 0.130 e. The minimum absolute atomic E-state index is 0.00839. The van der Waals surface area contributed by atoms with Gasteiger partial charge in [-0.3, -0.25) is 0 Å². The molecule has 1 unspecified atom stereocenters. The van der Waals surface area contributed by atoms with E-state index in [1.165, 1.54) is 0 Å². The van der Waals surface area contributed by atoms with Crippen LogP contribution in [0.25, 0.3) is 0 Å². The Morgan fingerprint density at radius 2 is 2.27 bits per heavy atom. The summed E-state index contributed by atoms with van der Waals surface area (Å²) in [6.07, 6.45) is 2.57. The van der Waals surface area contributed by atoms with Gasteiger partial charge in [-0.1, -0.05) is 0 Å². The lowest BCUT2D eigenvalue weighted by Gasteiger charge is -2.09. The van der Waals surface area contributed by atoms with Crippen molar-refractivity contribution in [1.29, 1.82) is 0 Å². The lowest BCUT2D eigenvalue weighted by molar-refractivity contribution is 0.149. The summed E-state index contributed by atoms with van der Waals surface area (Å²) in [4.78, 5) is 8.66. The van der Waals surface area contributed by atoms with Crippen molar-refractivity contribution in [3.63, 3.8) is 0 Å². The molecule has 4 heteroatoms. The molecule has 84 valence electrons. The standard InChI is InChI=1S/C11H19N3O/c1-4-15-6-5-11-13-7-10(8(2)12)9(3)14-11/h7-8H,4-6,12H2,1-3H3. The third kappa shape index (κ3) is 3.57. The van der Waals surface area contributed by atoms with Crippen LogP contribution in [-0.4, -0.2) is 23.2 Å². The molecule has 0 amide bonds. The van der Waals surface area contributed by atoms with E-state index in [4.69, 9.17) is 10.5 Å². The summed E-state index contributed by atoms with van der Waals surface area (Å²) < 4.78 is 5.25. The molecular formula is C11H19N3O. The topological polar surface area (TPSA) is 61.0 Å². The van der Waals surface area contributed by atoms with Gasteiger partial charge in [0.25, 0.3) is 0 Å². The Morgan fingerprint density at radius 3 is 2.80 bits per heavy atom. The second-order valence-electron chi connectivity index (χ2n) is 3.56. The highest BCUT2D eigenvalue weighted by Gasteiger charge is 2.06. The normalized spacial score (nSPS) is 12.8. The fourth-order valence-electron chi connectivity index (χ4n) is 1.40. The third-order valence-electron chi connectivity index (χ3n) is 2.23. The average Bonchev–Trinajstić information content (AvgIpc) is 2.17. The molecule has 0 aliphatic heterocycles. The van der Waals surface area contributed by atoms with E-state index in [0.717, 1.165) is 30.1 Å². The maximum atomic E-state index is 5.78. The summed E-state index contributed by atoms with van der Waals surface area (Å²) in [5, 5.41) is 0. The first-order valence-electron chi connectivity index (χ1n) is 5.31. The number of rotatable bonds is 5. The van der Waals surface area contributed by atoms with Crippen LogP contribution in [0.4, 0.5) is 0 Å². The number of hydrogen-bond acceptors (Lipinski definition) is 4. The molecule has 0 aliphatic rings. The van der Waals surface area contributed by atoms with E-state index >= 15 is 0 Å². The quantitative estimate of drug-likeness (QED) is 0.744. The second-order valence-corrected chi connectivity index (χ2v) is 3.56. The van der Waals surface area contributed by atoms with Gasteiger partial charge in [0.15, 0.2) is 0 Å². The van der Waals surface area contributed by atoms with Crippen molar-refractivity contribution in [2.75, 3.05) is 13.2 Å². The Labute approximate surface area is 90.9 Å². The zero-order valence-corrected chi connectivity index (χ0v) is 9.66. The van der Waals surface area contributed by atoms with Crippen LogP contribution in [0.1, 0.15) is 37.0 Å². The van der Waals surface area contributed by atoms with E-state index < -0.39 is 0 Å². The molecule has 0 radical (unpaired) electrons. The van der Waals surface area contributed by atoms with Crippen LogP contribution in [-0.2, 0) is 11.2 Å². The Balaban J connectivity index is 2.65. The first kappa shape index (κ1) is 12.1. The lowest BCUT2D eigenvalue weighted by Crippen LogP contribution is -2.11. The maximum absolute atomic E-state index is 5.78. The molecule has 0 saturated carbocycles. The second kappa shape index (κ2) is 5.78.